The normalized spacial score (nSPS) is 21.0. The van der Waals surface area contributed by atoms with E-state index in [1.807, 2.05) is 17.9 Å². The predicted molar refractivity (Wildman–Crippen MR) is 89.2 cm³/mol. The number of carbonyl (C=O) groups excluding carboxylic acids is 1. The maximum Gasteiger partial charge on any atom is 0.222 e. The molecule has 2 aromatic rings. The molecule has 3 rings (SSSR count). The van der Waals surface area contributed by atoms with E-state index in [2.05, 4.69) is 11.9 Å². The topological polar surface area (TPSA) is 46.3 Å². The molecule has 0 radical (unpaired) electrons. The molecule has 2 heterocycles. The Labute approximate surface area is 141 Å². The molecule has 0 aliphatic carbocycles. The summed E-state index contributed by atoms with van der Waals surface area (Å²) in [5.74, 6) is 1.31. The summed E-state index contributed by atoms with van der Waals surface area (Å²) in [6.45, 7) is 5.43. The first kappa shape index (κ1) is 16.7. The summed E-state index contributed by atoms with van der Waals surface area (Å²) in [5.41, 5.74) is 0.595. The molecule has 1 fully saturated rings. The third-order valence-electron chi connectivity index (χ3n) is 4.69. The van der Waals surface area contributed by atoms with Crippen LogP contribution in [0.3, 0.4) is 0 Å². The zero-order valence-corrected chi connectivity index (χ0v) is 14.2. The van der Waals surface area contributed by atoms with Crippen molar-refractivity contribution in [2.75, 3.05) is 13.1 Å². The Morgan fingerprint density at radius 2 is 2.29 bits per heavy atom. The van der Waals surface area contributed by atoms with Crippen molar-refractivity contribution in [3.63, 3.8) is 0 Å². The molecule has 0 N–H and O–H groups in total. The lowest BCUT2D eigenvalue weighted by Crippen LogP contribution is -2.47. The molecule has 0 unspecified atom stereocenters. The van der Waals surface area contributed by atoms with E-state index in [1.165, 1.54) is 12.1 Å². The van der Waals surface area contributed by atoms with Gasteiger partial charge in [0.25, 0.3) is 0 Å². The van der Waals surface area contributed by atoms with E-state index in [1.54, 1.807) is 12.3 Å². The van der Waals surface area contributed by atoms with Crippen molar-refractivity contribution in [1.29, 1.82) is 0 Å². The van der Waals surface area contributed by atoms with Crippen LogP contribution < -0.4 is 0 Å². The maximum absolute atomic E-state index is 13.3. The number of likely N-dealkylation sites (tertiary alicyclic amines) is 1. The molecule has 5 heteroatoms. The number of oxazole rings is 1. The SMILES string of the molecule is CCC(=O)N1CCC[C@](C)(c2ncc(Cc3cccc(F)c3)o2)C1. The minimum Gasteiger partial charge on any atom is -0.445 e. The van der Waals surface area contributed by atoms with Crippen LogP contribution in [0.15, 0.2) is 34.9 Å². The Bertz CT molecular complexity index is 728. The fourth-order valence-electron chi connectivity index (χ4n) is 3.37. The number of nitrogens with zero attached hydrogens (tertiary/aromatic N) is 2. The van der Waals surface area contributed by atoms with E-state index in [0.29, 0.717) is 25.3 Å². The summed E-state index contributed by atoms with van der Waals surface area (Å²) in [7, 11) is 0. The summed E-state index contributed by atoms with van der Waals surface area (Å²) in [6.07, 6.45) is 4.64. The predicted octanol–water partition coefficient (Wildman–Crippen LogP) is 3.69. The first-order valence-electron chi connectivity index (χ1n) is 8.47. The van der Waals surface area contributed by atoms with Gasteiger partial charge in [0.05, 0.1) is 11.6 Å². The standard InChI is InChI=1S/C19H23FN2O2/c1-3-17(23)22-9-5-8-19(2,13-22)18-21-12-16(24-18)11-14-6-4-7-15(20)10-14/h4,6-7,10,12H,3,5,8-9,11,13H2,1-2H3/t19-/m0/s1. The molecular weight excluding hydrogens is 307 g/mol. The molecule has 1 aliphatic rings. The number of halogens is 1. The van der Waals surface area contributed by atoms with Crippen LogP contribution in [-0.4, -0.2) is 28.9 Å². The summed E-state index contributed by atoms with van der Waals surface area (Å²) in [5, 5.41) is 0. The molecule has 1 aliphatic heterocycles. The average molecular weight is 330 g/mol. The molecule has 0 bridgehead atoms. The lowest BCUT2D eigenvalue weighted by molar-refractivity contribution is -0.133. The van der Waals surface area contributed by atoms with Gasteiger partial charge in [0, 0.05) is 25.9 Å². The van der Waals surface area contributed by atoms with Crippen LogP contribution in [0.4, 0.5) is 4.39 Å². The molecule has 1 saturated heterocycles. The first-order valence-corrected chi connectivity index (χ1v) is 8.47. The number of rotatable bonds is 4. The summed E-state index contributed by atoms with van der Waals surface area (Å²) in [6, 6.07) is 6.50. The zero-order chi connectivity index (χ0) is 17.2. The van der Waals surface area contributed by atoms with Crippen molar-refractivity contribution >= 4 is 5.91 Å². The van der Waals surface area contributed by atoms with Crippen LogP contribution in [0.2, 0.25) is 0 Å². The third-order valence-corrected chi connectivity index (χ3v) is 4.69. The van der Waals surface area contributed by atoms with E-state index >= 15 is 0 Å². The molecule has 4 nitrogen and oxygen atoms in total. The van der Waals surface area contributed by atoms with Gasteiger partial charge < -0.3 is 9.32 Å². The highest BCUT2D eigenvalue weighted by molar-refractivity contribution is 5.76. The van der Waals surface area contributed by atoms with Crippen molar-refractivity contribution in [2.45, 2.75) is 44.9 Å². The zero-order valence-electron chi connectivity index (χ0n) is 14.2. The van der Waals surface area contributed by atoms with Gasteiger partial charge in [-0.2, -0.15) is 0 Å². The fraction of sp³-hybridized carbons (Fsp3) is 0.474. The van der Waals surface area contributed by atoms with Crippen molar-refractivity contribution in [3.8, 4) is 0 Å². The molecule has 24 heavy (non-hydrogen) atoms. The van der Waals surface area contributed by atoms with Crippen LogP contribution in [0.25, 0.3) is 0 Å². The molecular formula is C19H23FN2O2. The van der Waals surface area contributed by atoms with E-state index in [0.717, 1.165) is 30.7 Å². The number of amides is 1. The Balaban J connectivity index is 1.75. The molecule has 0 saturated carbocycles. The smallest absolute Gasteiger partial charge is 0.222 e. The van der Waals surface area contributed by atoms with Gasteiger partial charge in [-0.3, -0.25) is 4.79 Å². The van der Waals surface area contributed by atoms with Crippen LogP contribution >= 0.6 is 0 Å². The van der Waals surface area contributed by atoms with Crippen LogP contribution in [0, 0.1) is 5.82 Å². The Kier molecular flexibility index (Phi) is 4.69. The Morgan fingerprint density at radius 3 is 3.04 bits per heavy atom. The minimum absolute atomic E-state index is 0.174. The summed E-state index contributed by atoms with van der Waals surface area (Å²) >= 11 is 0. The Morgan fingerprint density at radius 1 is 1.46 bits per heavy atom. The van der Waals surface area contributed by atoms with Crippen molar-refractivity contribution < 1.29 is 13.6 Å². The highest BCUT2D eigenvalue weighted by Gasteiger charge is 2.38. The van der Waals surface area contributed by atoms with Gasteiger partial charge in [-0.15, -0.1) is 0 Å². The molecule has 1 atom stereocenters. The number of hydrogen-bond acceptors (Lipinski definition) is 3. The number of aromatic nitrogens is 1. The lowest BCUT2D eigenvalue weighted by Gasteiger charge is -2.38. The molecule has 1 aromatic carbocycles. The van der Waals surface area contributed by atoms with Gasteiger partial charge in [0.1, 0.15) is 11.6 Å². The monoisotopic (exact) mass is 330 g/mol. The number of piperidine rings is 1. The van der Waals surface area contributed by atoms with Crippen LogP contribution in [0.5, 0.6) is 0 Å². The maximum atomic E-state index is 13.3. The van der Waals surface area contributed by atoms with E-state index in [4.69, 9.17) is 4.42 Å². The quantitative estimate of drug-likeness (QED) is 0.859. The molecule has 1 aromatic heterocycles. The highest BCUT2D eigenvalue weighted by Crippen LogP contribution is 2.33. The van der Waals surface area contributed by atoms with E-state index in [9.17, 15) is 9.18 Å². The number of benzene rings is 1. The van der Waals surface area contributed by atoms with Gasteiger partial charge in [-0.1, -0.05) is 19.1 Å². The fourth-order valence-corrected chi connectivity index (χ4v) is 3.37. The highest BCUT2D eigenvalue weighted by atomic mass is 19.1. The van der Waals surface area contributed by atoms with E-state index in [-0.39, 0.29) is 17.1 Å². The van der Waals surface area contributed by atoms with Crippen molar-refractivity contribution in [3.05, 3.63) is 53.5 Å². The summed E-state index contributed by atoms with van der Waals surface area (Å²) in [4.78, 5) is 18.4. The number of carbonyl (C=O) groups is 1. The molecule has 128 valence electrons. The van der Waals surface area contributed by atoms with Gasteiger partial charge in [-0.05, 0) is 37.5 Å². The van der Waals surface area contributed by atoms with Gasteiger partial charge in [-0.25, -0.2) is 9.37 Å². The average Bonchev–Trinajstić information content (AvgIpc) is 3.03. The lowest BCUT2D eigenvalue weighted by atomic mass is 9.81. The summed E-state index contributed by atoms with van der Waals surface area (Å²) < 4.78 is 19.3. The second-order valence-corrected chi connectivity index (χ2v) is 6.77. The van der Waals surface area contributed by atoms with E-state index < -0.39 is 0 Å². The van der Waals surface area contributed by atoms with Crippen LogP contribution in [-0.2, 0) is 16.6 Å². The minimum atomic E-state index is -0.261. The van der Waals surface area contributed by atoms with Gasteiger partial charge >= 0.3 is 0 Å². The van der Waals surface area contributed by atoms with Gasteiger partial charge in [0.15, 0.2) is 0 Å². The second kappa shape index (κ2) is 6.75. The van der Waals surface area contributed by atoms with Crippen molar-refractivity contribution in [2.24, 2.45) is 0 Å². The van der Waals surface area contributed by atoms with Gasteiger partial charge in [0.2, 0.25) is 11.8 Å². The molecule has 1 amide bonds. The van der Waals surface area contributed by atoms with Crippen molar-refractivity contribution in [1.82, 2.24) is 9.88 Å². The van der Waals surface area contributed by atoms with Crippen LogP contribution in [0.1, 0.15) is 50.3 Å². The largest absolute Gasteiger partial charge is 0.445 e. The Hall–Kier alpha value is -2.17. The first-order chi connectivity index (χ1) is 11.5. The second-order valence-electron chi connectivity index (χ2n) is 6.77. The third kappa shape index (κ3) is 3.50. The number of hydrogen-bond donors (Lipinski definition) is 0. The molecule has 0 spiro atoms.